The molecule has 0 aliphatic carbocycles. The van der Waals surface area contributed by atoms with Gasteiger partial charge in [-0.1, -0.05) is 52.7 Å². The zero-order valence-electron chi connectivity index (χ0n) is 14.9. The van der Waals surface area contributed by atoms with E-state index in [9.17, 15) is 0 Å². The van der Waals surface area contributed by atoms with Crippen molar-refractivity contribution in [2.24, 2.45) is 4.99 Å². The highest BCUT2D eigenvalue weighted by Gasteiger charge is 2.21. The number of benzene rings is 2. The van der Waals surface area contributed by atoms with Crippen molar-refractivity contribution >= 4 is 33.4 Å². The molecule has 132 valence electrons. The molecule has 0 N–H and O–H groups in total. The Hall–Kier alpha value is -1.32. The van der Waals surface area contributed by atoms with Crippen LogP contribution in [-0.4, -0.2) is 30.4 Å². The molecule has 3 rings (SSSR count). The summed E-state index contributed by atoms with van der Waals surface area (Å²) in [6.45, 7) is 7.33. The van der Waals surface area contributed by atoms with Crippen molar-refractivity contribution in [3.63, 3.8) is 0 Å². The maximum atomic E-state index is 6.59. The van der Waals surface area contributed by atoms with Crippen molar-refractivity contribution in [2.75, 3.05) is 19.6 Å². The smallest absolute Gasteiger partial charge is 0.131 e. The van der Waals surface area contributed by atoms with Gasteiger partial charge in [-0.3, -0.25) is 4.99 Å². The van der Waals surface area contributed by atoms with Crippen LogP contribution in [0.15, 0.2) is 45.9 Å². The molecule has 1 heterocycles. The lowest BCUT2D eigenvalue weighted by atomic mass is 9.96. The van der Waals surface area contributed by atoms with Gasteiger partial charge in [0.2, 0.25) is 0 Å². The highest BCUT2D eigenvalue weighted by atomic mass is 79.9. The Labute approximate surface area is 164 Å². The van der Waals surface area contributed by atoms with Gasteiger partial charge in [0.25, 0.3) is 0 Å². The molecule has 2 aromatic rings. The molecule has 2 nitrogen and oxygen atoms in total. The largest absolute Gasteiger partial charge is 0.355 e. The zero-order valence-corrected chi connectivity index (χ0v) is 17.2. The van der Waals surface area contributed by atoms with Crippen LogP contribution in [0.25, 0.3) is 0 Å². The third-order valence-electron chi connectivity index (χ3n) is 4.74. The van der Waals surface area contributed by atoms with E-state index in [-0.39, 0.29) is 0 Å². The fourth-order valence-electron chi connectivity index (χ4n) is 3.42. The average molecular weight is 420 g/mol. The Balaban J connectivity index is 1.88. The SMILES string of the molecule is CCCN1CCN=C1c1cccc(Cl)c1CCc1cc(Br)ccc1C. The molecular weight excluding hydrogens is 396 g/mol. The van der Waals surface area contributed by atoms with E-state index in [2.05, 4.69) is 58.9 Å². The molecule has 0 saturated heterocycles. The van der Waals surface area contributed by atoms with Gasteiger partial charge in [0.15, 0.2) is 0 Å². The van der Waals surface area contributed by atoms with Crippen molar-refractivity contribution < 1.29 is 0 Å². The summed E-state index contributed by atoms with van der Waals surface area (Å²) in [5.41, 5.74) is 5.10. The van der Waals surface area contributed by atoms with Gasteiger partial charge in [-0.2, -0.15) is 0 Å². The molecule has 1 aliphatic heterocycles. The minimum atomic E-state index is 0.844. The van der Waals surface area contributed by atoms with Gasteiger partial charge in [-0.15, -0.1) is 0 Å². The first-order valence-corrected chi connectivity index (χ1v) is 10.1. The van der Waals surface area contributed by atoms with Gasteiger partial charge in [0.1, 0.15) is 5.84 Å². The van der Waals surface area contributed by atoms with Crippen molar-refractivity contribution in [3.8, 4) is 0 Å². The van der Waals surface area contributed by atoms with Gasteiger partial charge in [0, 0.05) is 28.1 Å². The Morgan fingerprint density at radius 1 is 1.20 bits per heavy atom. The van der Waals surface area contributed by atoms with E-state index in [0.29, 0.717) is 0 Å². The summed E-state index contributed by atoms with van der Waals surface area (Å²) in [4.78, 5) is 7.16. The summed E-state index contributed by atoms with van der Waals surface area (Å²) in [6, 6.07) is 12.7. The standard InChI is InChI=1S/C21H24BrClN2/c1-3-12-25-13-11-24-21(25)19-5-4-6-20(23)18(19)10-8-16-14-17(22)9-7-15(16)2/h4-7,9,14H,3,8,10-13H2,1-2H3. The van der Waals surface area contributed by atoms with Crippen LogP contribution in [0.3, 0.4) is 0 Å². The summed E-state index contributed by atoms with van der Waals surface area (Å²) < 4.78 is 1.13. The van der Waals surface area contributed by atoms with Crippen LogP contribution >= 0.6 is 27.5 Å². The number of aliphatic imine (C=N–C) groups is 1. The van der Waals surface area contributed by atoms with Crippen molar-refractivity contribution in [2.45, 2.75) is 33.1 Å². The van der Waals surface area contributed by atoms with Crippen LogP contribution in [0.4, 0.5) is 0 Å². The lowest BCUT2D eigenvalue weighted by Gasteiger charge is -2.22. The van der Waals surface area contributed by atoms with E-state index in [0.717, 1.165) is 54.2 Å². The minimum Gasteiger partial charge on any atom is -0.355 e. The fourth-order valence-corrected chi connectivity index (χ4v) is 4.09. The number of nitrogens with zero attached hydrogens (tertiary/aromatic N) is 2. The van der Waals surface area contributed by atoms with E-state index in [1.165, 1.54) is 22.3 Å². The molecule has 0 aromatic heterocycles. The third kappa shape index (κ3) is 4.27. The monoisotopic (exact) mass is 418 g/mol. The minimum absolute atomic E-state index is 0.844. The highest BCUT2D eigenvalue weighted by Crippen LogP contribution is 2.26. The van der Waals surface area contributed by atoms with Gasteiger partial charge in [-0.25, -0.2) is 0 Å². The zero-order chi connectivity index (χ0) is 17.8. The summed E-state index contributed by atoms with van der Waals surface area (Å²) in [7, 11) is 0. The Morgan fingerprint density at radius 3 is 2.84 bits per heavy atom. The fraction of sp³-hybridized carbons (Fsp3) is 0.381. The quantitative estimate of drug-likeness (QED) is 0.589. The van der Waals surface area contributed by atoms with Crippen LogP contribution in [0.2, 0.25) is 5.02 Å². The van der Waals surface area contributed by atoms with Crippen LogP contribution in [0.1, 0.15) is 35.6 Å². The summed E-state index contributed by atoms with van der Waals surface area (Å²) in [5, 5.41) is 0.844. The molecule has 0 bridgehead atoms. The predicted molar refractivity (Wildman–Crippen MR) is 111 cm³/mol. The molecule has 0 unspecified atom stereocenters. The molecule has 0 amide bonds. The number of rotatable bonds is 6. The molecule has 0 radical (unpaired) electrons. The van der Waals surface area contributed by atoms with E-state index >= 15 is 0 Å². The second-order valence-electron chi connectivity index (χ2n) is 6.53. The maximum Gasteiger partial charge on any atom is 0.131 e. The number of hydrogen-bond donors (Lipinski definition) is 0. The van der Waals surface area contributed by atoms with Crippen LogP contribution < -0.4 is 0 Å². The lowest BCUT2D eigenvalue weighted by molar-refractivity contribution is 0.456. The molecule has 2 aromatic carbocycles. The van der Waals surface area contributed by atoms with Gasteiger partial charge in [0.05, 0.1) is 6.54 Å². The molecule has 0 fully saturated rings. The molecule has 0 spiro atoms. The Bertz CT molecular complexity index is 785. The normalized spacial score (nSPS) is 14.1. The number of aryl methyl sites for hydroxylation is 2. The van der Waals surface area contributed by atoms with Crippen LogP contribution in [0.5, 0.6) is 0 Å². The Kier molecular flexibility index (Phi) is 6.19. The predicted octanol–water partition coefficient (Wildman–Crippen LogP) is 5.67. The van der Waals surface area contributed by atoms with Crippen LogP contribution in [0, 0.1) is 6.92 Å². The second kappa shape index (κ2) is 8.37. The molecular formula is C21H24BrClN2. The van der Waals surface area contributed by atoms with Crippen LogP contribution in [-0.2, 0) is 12.8 Å². The van der Waals surface area contributed by atoms with Crippen molar-refractivity contribution in [1.82, 2.24) is 4.90 Å². The number of halogens is 2. The van der Waals surface area contributed by atoms with Crippen molar-refractivity contribution in [1.29, 1.82) is 0 Å². The highest BCUT2D eigenvalue weighted by molar-refractivity contribution is 9.10. The van der Waals surface area contributed by atoms with E-state index in [1.807, 2.05) is 12.1 Å². The average Bonchev–Trinajstić information content (AvgIpc) is 3.05. The summed E-state index contributed by atoms with van der Waals surface area (Å²) in [6.07, 6.45) is 3.03. The van der Waals surface area contributed by atoms with E-state index < -0.39 is 0 Å². The third-order valence-corrected chi connectivity index (χ3v) is 5.59. The lowest BCUT2D eigenvalue weighted by Crippen LogP contribution is -2.30. The van der Waals surface area contributed by atoms with Gasteiger partial charge >= 0.3 is 0 Å². The second-order valence-corrected chi connectivity index (χ2v) is 7.85. The first-order chi connectivity index (χ1) is 12.1. The first-order valence-electron chi connectivity index (χ1n) is 8.92. The topological polar surface area (TPSA) is 15.6 Å². The molecule has 25 heavy (non-hydrogen) atoms. The van der Waals surface area contributed by atoms with Crippen molar-refractivity contribution in [3.05, 3.63) is 68.1 Å². The summed E-state index contributed by atoms with van der Waals surface area (Å²) in [5.74, 6) is 1.12. The molecule has 0 saturated carbocycles. The van der Waals surface area contributed by atoms with Gasteiger partial charge < -0.3 is 4.90 Å². The number of amidine groups is 1. The van der Waals surface area contributed by atoms with E-state index in [4.69, 9.17) is 16.6 Å². The molecule has 4 heteroatoms. The summed E-state index contributed by atoms with van der Waals surface area (Å²) >= 11 is 10.2. The molecule has 1 aliphatic rings. The molecule has 0 atom stereocenters. The Morgan fingerprint density at radius 2 is 2.04 bits per heavy atom. The van der Waals surface area contributed by atoms with Gasteiger partial charge in [-0.05, 0) is 61.1 Å². The first kappa shape index (κ1) is 18.5. The maximum absolute atomic E-state index is 6.59. The van der Waals surface area contributed by atoms with E-state index in [1.54, 1.807) is 0 Å². The number of hydrogen-bond acceptors (Lipinski definition) is 2.